The number of aliphatic hydroxyl groups excluding tert-OH is 1. The Morgan fingerprint density at radius 1 is 1.20 bits per heavy atom. The number of halogens is 2. The number of methoxy groups -OCH3 is 1. The van der Waals surface area contributed by atoms with Crippen LogP contribution in [-0.4, -0.2) is 37.6 Å². The molecule has 2 N–H and O–H groups in total. The zero-order chi connectivity index (χ0) is 15.1. The number of hydrogen-bond donors (Lipinski definition) is 2. The van der Waals surface area contributed by atoms with E-state index in [1.807, 2.05) is 12.1 Å². The number of aliphatic hydroxyl groups is 1. The molecule has 0 fully saturated rings. The average Bonchev–Trinajstić information content (AvgIpc) is 2.35. The minimum absolute atomic E-state index is 0.189. The first-order valence-electron chi connectivity index (χ1n) is 6.45. The van der Waals surface area contributed by atoms with Crippen LogP contribution in [0.1, 0.15) is 19.4 Å². The van der Waals surface area contributed by atoms with Gasteiger partial charge in [0, 0.05) is 19.7 Å². The fraction of sp³-hybridized carbons (Fsp3) is 0.571. The standard InChI is InChI=1S/C14H21Br2NO3/c1-9(2)17-6-10-4-12(15)14(13(16)5-10)20-8-11(18)7-19-3/h4-5,9,11,17-18H,6-8H2,1-3H3. The number of hydrogen-bond acceptors (Lipinski definition) is 4. The minimum Gasteiger partial charge on any atom is -0.488 e. The highest BCUT2D eigenvalue weighted by atomic mass is 79.9. The second kappa shape index (κ2) is 9.00. The van der Waals surface area contributed by atoms with E-state index in [9.17, 15) is 5.11 Å². The van der Waals surface area contributed by atoms with Crippen LogP contribution in [0, 0.1) is 0 Å². The molecule has 20 heavy (non-hydrogen) atoms. The molecule has 0 aliphatic carbocycles. The van der Waals surface area contributed by atoms with E-state index in [0.717, 1.165) is 21.1 Å². The van der Waals surface area contributed by atoms with Crippen molar-refractivity contribution in [3.8, 4) is 5.75 Å². The summed E-state index contributed by atoms with van der Waals surface area (Å²) in [5, 5.41) is 13.0. The van der Waals surface area contributed by atoms with Crippen molar-refractivity contribution in [2.45, 2.75) is 32.5 Å². The van der Waals surface area contributed by atoms with Crippen LogP contribution in [0.4, 0.5) is 0 Å². The van der Waals surface area contributed by atoms with Crippen molar-refractivity contribution in [1.29, 1.82) is 0 Å². The van der Waals surface area contributed by atoms with Gasteiger partial charge in [-0.15, -0.1) is 0 Å². The van der Waals surface area contributed by atoms with E-state index in [0.29, 0.717) is 11.8 Å². The molecule has 1 unspecified atom stereocenters. The molecule has 6 heteroatoms. The van der Waals surface area contributed by atoms with Crippen molar-refractivity contribution in [2.24, 2.45) is 0 Å². The normalized spacial score (nSPS) is 12.8. The van der Waals surface area contributed by atoms with E-state index >= 15 is 0 Å². The number of rotatable bonds is 8. The van der Waals surface area contributed by atoms with Gasteiger partial charge < -0.3 is 19.9 Å². The van der Waals surface area contributed by atoms with Gasteiger partial charge in [-0.25, -0.2) is 0 Å². The van der Waals surface area contributed by atoms with Crippen molar-refractivity contribution in [3.63, 3.8) is 0 Å². The van der Waals surface area contributed by atoms with Gasteiger partial charge in [0.1, 0.15) is 18.5 Å². The highest BCUT2D eigenvalue weighted by Crippen LogP contribution is 2.34. The van der Waals surface area contributed by atoms with Crippen molar-refractivity contribution in [1.82, 2.24) is 5.32 Å². The van der Waals surface area contributed by atoms with Crippen LogP contribution in [0.5, 0.6) is 5.75 Å². The molecule has 0 spiro atoms. The van der Waals surface area contributed by atoms with E-state index in [4.69, 9.17) is 9.47 Å². The van der Waals surface area contributed by atoms with Crippen molar-refractivity contribution >= 4 is 31.9 Å². The third kappa shape index (κ3) is 6.10. The predicted molar refractivity (Wildman–Crippen MR) is 87.2 cm³/mol. The molecule has 1 atom stereocenters. The molecule has 0 saturated carbocycles. The number of benzene rings is 1. The second-order valence-electron chi connectivity index (χ2n) is 4.84. The highest BCUT2D eigenvalue weighted by molar-refractivity contribution is 9.11. The zero-order valence-corrected chi connectivity index (χ0v) is 15.1. The van der Waals surface area contributed by atoms with Crippen LogP contribution in [0.15, 0.2) is 21.1 Å². The Balaban J connectivity index is 2.68. The van der Waals surface area contributed by atoms with Crippen molar-refractivity contribution in [3.05, 3.63) is 26.6 Å². The van der Waals surface area contributed by atoms with Gasteiger partial charge in [-0.1, -0.05) is 13.8 Å². The molecular weight excluding hydrogens is 390 g/mol. The molecule has 0 heterocycles. The number of nitrogens with one attached hydrogen (secondary N) is 1. The van der Waals surface area contributed by atoms with E-state index < -0.39 is 6.10 Å². The molecule has 0 bridgehead atoms. The molecule has 0 aliphatic rings. The van der Waals surface area contributed by atoms with E-state index in [-0.39, 0.29) is 13.2 Å². The van der Waals surface area contributed by atoms with Crippen LogP contribution in [0.3, 0.4) is 0 Å². The zero-order valence-electron chi connectivity index (χ0n) is 12.0. The first-order valence-corrected chi connectivity index (χ1v) is 8.03. The summed E-state index contributed by atoms with van der Waals surface area (Å²) in [4.78, 5) is 0. The van der Waals surface area contributed by atoms with Crippen molar-refractivity contribution < 1.29 is 14.6 Å². The lowest BCUT2D eigenvalue weighted by molar-refractivity contribution is 0.0322. The first kappa shape index (κ1) is 17.9. The summed E-state index contributed by atoms with van der Waals surface area (Å²) in [5.74, 6) is 0.688. The molecule has 0 aliphatic heterocycles. The van der Waals surface area contributed by atoms with Crippen molar-refractivity contribution in [2.75, 3.05) is 20.3 Å². The summed E-state index contributed by atoms with van der Waals surface area (Å²) < 4.78 is 12.2. The molecule has 4 nitrogen and oxygen atoms in total. The van der Waals surface area contributed by atoms with Crippen LogP contribution in [0.25, 0.3) is 0 Å². The van der Waals surface area contributed by atoms with Crippen LogP contribution in [-0.2, 0) is 11.3 Å². The van der Waals surface area contributed by atoms with Crippen LogP contribution in [0.2, 0.25) is 0 Å². The number of ether oxygens (including phenoxy) is 2. The SMILES string of the molecule is COCC(O)COc1c(Br)cc(CNC(C)C)cc1Br. The monoisotopic (exact) mass is 409 g/mol. The Labute approximate surface area is 137 Å². The van der Waals surface area contributed by atoms with Gasteiger partial charge in [0.25, 0.3) is 0 Å². The smallest absolute Gasteiger partial charge is 0.147 e. The summed E-state index contributed by atoms with van der Waals surface area (Å²) in [6, 6.07) is 4.46. The van der Waals surface area contributed by atoms with Crippen LogP contribution < -0.4 is 10.1 Å². The summed E-state index contributed by atoms with van der Waals surface area (Å²) in [6.07, 6.45) is -0.638. The lowest BCUT2D eigenvalue weighted by atomic mass is 10.2. The molecule has 0 amide bonds. The Morgan fingerprint density at radius 2 is 1.80 bits per heavy atom. The molecule has 0 aromatic heterocycles. The summed E-state index contributed by atoms with van der Waals surface area (Å²) >= 11 is 7.00. The van der Waals surface area contributed by atoms with Crippen LogP contribution >= 0.6 is 31.9 Å². The molecule has 1 aromatic rings. The third-order valence-corrected chi connectivity index (χ3v) is 3.73. The third-order valence-electron chi connectivity index (χ3n) is 2.55. The molecule has 1 aromatic carbocycles. The predicted octanol–water partition coefficient (Wildman–Crippen LogP) is 3.10. The van der Waals surface area contributed by atoms with Gasteiger partial charge in [0.05, 0.1) is 15.6 Å². The van der Waals surface area contributed by atoms with Gasteiger partial charge in [-0.05, 0) is 49.6 Å². The minimum atomic E-state index is -0.638. The summed E-state index contributed by atoms with van der Waals surface area (Å²) in [7, 11) is 1.55. The Bertz CT molecular complexity index is 404. The second-order valence-corrected chi connectivity index (χ2v) is 6.55. The fourth-order valence-electron chi connectivity index (χ4n) is 1.59. The quantitative estimate of drug-likeness (QED) is 0.691. The maximum absolute atomic E-state index is 9.60. The summed E-state index contributed by atoms with van der Waals surface area (Å²) in [6.45, 7) is 5.46. The lowest BCUT2D eigenvalue weighted by Gasteiger charge is -2.15. The van der Waals surface area contributed by atoms with Gasteiger partial charge >= 0.3 is 0 Å². The Hall–Kier alpha value is -0.140. The maximum atomic E-state index is 9.60. The lowest BCUT2D eigenvalue weighted by Crippen LogP contribution is -2.23. The molecule has 0 saturated heterocycles. The first-order chi connectivity index (χ1) is 9.43. The highest BCUT2D eigenvalue weighted by Gasteiger charge is 2.12. The molecule has 1 rings (SSSR count). The Kier molecular flexibility index (Phi) is 8.06. The molecule has 114 valence electrons. The van der Waals surface area contributed by atoms with E-state index in [2.05, 4.69) is 51.0 Å². The fourth-order valence-corrected chi connectivity index (χ4v) is 3.10. The van der Waals surface area contributed by atoms with E-state index in [1.54, 1.807) is 7.11 Å². The Morgan fingerprint density at radius 3 is 2.30 bits per heavy atom. The van der Waals surface area contributed by atoms with E-state index in [1.165, 1.54) is 0 Å². The summed E-state index contributed by atoms with van der Waals surface area (Å²) in [5.41, 5.74) is 1.15. The van der Waals surface area contributed by atoms with Gasteiger partial charge in [-0.2, -0.15) is 0 Å². The van der Waals surface area contributed by atoms with Gasteiger partial charge in [0.2, 0.25) is 0 Å². The molecule has 0 radical (unpaired) electrons. The average molecular weight is 411 g/mol. The maximum Gasteiger partial charge on any atom is 0.147 e. The van der Waals surface area contributed by atoms with Gasteiger partial charge in [0.15, 0.2) is 0 Å². The topological polar surface area (TPSA) is 50.7 Å². The van der Waals surface area contributed by atoms with Gasteiger partial charge in [-0.3, -0.25) is 0 Å². The molecular formula is C14H21Br2NO3. The largest absolute Gasteiger partial charge is 0.488 e.